The first-order valence-electron chi connectivity index (χ1n) is 7.11. The Morgan fingerprint density at radius 3 is 2.38 bits per heavy atom. The highest BCUT2D eigenvalue weighted by molar-refractivity contribution is 9.10. The van der Waals surface area contributed by atoms with Crippen molar-refractivity contribution in [3.8, 4) is 0 Å². The molecule has 0 aromatic heterocycles. The van der Waals surface area contributed by atoms with Crippen LogP contribution in [0, 0.1) is 0 Å². The van der Waals surface area contributed by atoms with Crippen molar-refractivity contribution >= 4 is 37.7 Å². The third-order valence-electron chi connectivity index (χ3n) is 3.24. The van der Waals surface area contributed by atoms with E-state index < -0.39 is 10.0 Å². The number of hydrogen-bond donors (Lipinski definition) is 2. The molecule has 0 saturated heterocycles. The zero-order valence-corrected chi connectivity index (χ0v) is 15.7. The molecule has 0 saturated carbocycles. The van der Waals surface area contributed by atoms with Crippen LogP contribution in [0.4, 0.5) is 10.5 Å². The lowest BCUT2D eigenvalue weighted by atomic mass is 10.2. The molecule has 6 nitrogen and oxygen atoms in total. The topological polar surface area (TPSA) is 78.5 Å². The molecule has 128 valence electrons. The summed E-state index contributed by atoms with van der Waals surface area (Å²) < 4.78 is 26.0. The van der Waals surface area contributed by atoms with Crippen LogP contribution >= 0.6 is 15.9 Å². The minimum Gasteiger partial charge on any atom is -0.334 e. The second kappa shape index (κ2) is 7.78. The molecule has 0 unspecified atom stereocenters. The highest BCUT2D eigenvalue weighted by Gasteiger charge is 2.16. The summed E-state index contributed by atoms with van der Waals surface area (Å²) in [6.07, 6.45) is 0. The predicted octanol–water partition coefficient (Wildman–Crippen LogP) is 3.02. The lowest BCUT2D eigenvalue weighted by Gasteiger charge is -2.12. The monoisotopic (exact) mass is 411 g/mol. The smallest absolute Gasteiger partial charge is 0.319 e. The molecule has 0 aliphatic heterocycles. The molecule has 0 fully saturated rings. The normalized spacial score (nSPS) is 11.3. The van der Waals surface area contributed by atoms with Crippen LogP contribution in [0.3, 0.4) is 0 Å². The van der Waals surface area contributed by atoms with Gasteiger partial charge in [-0.25, -0.2) is 17.5 Å². The fraction of sp³-hybridized carbons (Fsp3) is 0.188. The van der Waals surface area contributed by atoms with Crippen molar-refractivity contribution in [3.05, 3.63) is 58.6 Å². The van der Waals surface area contributed by atoms with Gasteiger partial charge in [-0.2, -0.15) is 0 Å². The third-order valence-corrected chi connectivity index (χ3v) is 5.56. The molecule has 0 heterocycles. The zero-order chi connectivity index (χ0) is 17.7. The Morgan fingerprint density at radius 2 is 1.79 bits per heavy atom. The fourth-order valence-electron chi connectivity index (χ4n) is 1.91. The molecule has 8 heteroatoms. The molecule has 0 aliphatic rings. The number of carbonyl (C=O) groups is 1. The van der Waals surface area contributed by atoms with Crippen LogP contribution in [0.1, 0.15) is 5.56 Å². The van der Waals surface area contributed by atoms with E-state index in [2.05, 4.69) is 26.6 Å². The number of benzene rings is 2. The molecule has 0 radical (unpaired) electrons. The quantitative estimate of drug-likeness (QED) is 0.793. The molecule has 2 amide bonds. The zero-order valence-electron chi connectivity index (χ0n) is 13.3. The van der Waals surface area contributed by atoms with E-state index >= 15 is 0 Å². The number of nitrogens with zero attached hydrogens (tertiary/aromatic N) is 1. The van der Waals surface area contributed by atoms with E-state index in [1.807, 2.05) is 12.1 Å². The molecule has 2 aromatic rings. The summed E-state index contributed by atoms with van der Waals surface area (Å²) in [5, 5.41) is 5.44. The Labute approximate surface area is 150 Å². The van der Waals surface area contributed by atoms with E-state index in [4.69, 9.17) is 0 Å². The number of nitrogens with one attached hydrogen (secondary N) is 2. The molecule has 24 heavy (non-hydrogen) atoms. The first kappa shape index (κ1) is 18.4. The molecule has 2 rings (SSSR count). The number of rotatable bonds is 5. The molecule has 2 aromatic carbocycles. The maximum Gasteiger partial charge on any atom is 0.319 e. The summed E-state index contributed by atoms with van der Waals surface area (Å²) in [6, 6.07) is 13.3. The molecule has 0 spiro atoms. The van der Waals surface area contributed by atoms with E-state index in [1.54, 1.807) is 24.3 Å². The van der Waals surface area contributed by atoms with Crippen molar-refractivity contribution in [3.63, 3.8) is 0 Å². The number of amides is 2. The number of halogens is 1. The second-order valence-electron chi connectivity index (χ2n) is 5.25. The van der Waals surface area contributed by atoms with Crippen LogP contribution in [0.15, 0.2) is 57.9 Å². The predicted molar refractivity (Wildman–Crippen MR) is 97.3 cm³/mol. The molecule has 0 aliphatic carbocycles. The highest BCUT2D eigenvalue weighted by Crippen LogP contribution is 2.16. The van der Waals surface area contributed by atoms with Gasteiger partial charge >= 0.3 is 6.03 Å². The van der Waals surface area contributed by atoms with E-state index in [9.17, 15) is 13.2 Å². The van der Waals surface area contributed by atoms with Gasteiger partial charge < -0.3 is 10.6 Å². The van der Waals surface area contributed by atoms with Gasteiger partial charge in [-0.1, -0.05) is 34.1 Å². The maximum atomic E-state index is 12.0. The maximum absolute atomic E-state index is 12.0. The standard InChI is InChI=1S/C16H18BrN3O3S/c1-20(2)24(22,23)15-8-6-12(7-9-15)11-18-16(21)19-14-5-3-4-13(17)10-14/h3-10H,11H2,1-2H3,(H2,18,19,21). The van der Waals surface area contributed by atoms with Gasteiger partial charge in [-0.3, -0.25) is 0 Å². The van der Waals surface area contributed by atoms with Gasteiger partial charge in [0.2, 0.25) is 10.0 Å². The number of sulfonamides is 1. The average Bonchev–Trinajstić information content (AvgIpc) is 2.53. The van der Waals surface area contributed by atoms with Gasteiger partial charge in [-0.05, 0) is 35.9 Å². The first-order valence-corrected chi connectivity index (χ1v) is 9.34. The summed E-state index contributed by atoms with van der Waals surface area (Å²) in [5.74, 6) is 0. The molecule has 2 N–H and O–H groups in total. The fourth-order valence-corrected chi connectivity index (χ4v) is 3.21. The largest absolute Gasteiger partial charge is 0.334 e. The average molecular weight is 412 g/mol. The van der Waals surface area contributed by atoms with E-state index in [0.717, 1.165) is 14.3 Å². The van der Waals surface area contributed by atoms with Crippen molar-refractivity contribution in [2.24, 2.45) is 0 Å². The lowest BCUT2D eigenvalue weighted by molar-refractivity contribution is 0.251. The van der Waals surface area contributed by atoms with Crippen molar-refractivity contribution in [2.75, 3.05) is 19.4 Å². The number of carbonyl (C=O) groups excluding carboxylic acids is 1. The Bertz CT molecular complexity index is 821. The lowest BCUT2D eigenvalue weighted by Crippen LogP contribution is -2.28. The van der Waals surface area contributed by atoms with Crippen molar-refractivity contribution < 1.29 is 13.2 Å². The summed E-state index contributed by atoms with van der Waals surface area (Å²) >= 11 is 3.34. The van der Waals surface area contributed by atoms with Gasteiger partial charge in [-0.15, -0.1) is 0 Å². The summed E-state index contributed by atoms with van der Waals surface area (Å²) in [4.78, 5) is 12.1. The van der Waals surface area contributed by atoms with Crippen LogP contribution in [0.5, 0.6) is 0 Å². The SMILES string of the molecule is CN(C)S(=O)(=O)c1ccc(CNC(=O)Nc2cccc(Br)c2)cc1. The second-order valence-corrected chi connectivity index (χ2v) is 8.32. The summed E-state index contributed by atoms with van der Waals surface area (Å²) in [6.45, 7) is 0.294. The Kier molecular flexibility index (Phi) is 5.98. The van der Waals surface area contributed by atoms with Crippen LogP contribution in [-0.4, -0.2) is 32.8 Å². The van der Waals surface area contributed by atoms with E-state index in [0.29, 0.717) is 12.2 Å². The minimum absolute atomic E-state index is 0.217. The third kappa shape index (κ3) is 4.80. The molecule has 0 bridgehead atoms. The van der Waals surface area contributed by atoms with Gasteiger partial charge in [0.05, 0.1) is 4.90 Å². The van der Waals surface area contributed by atoms with E-state index in [1.165, 1.54) is 26.2 Å². The number of hydrogen-bond acceptors (Lipinski definition) is 3. The van der Waals surface area contributed by atoms with Gasteiger partial charge in [0, 0.05) is 30.8 Å². The number of urea groups is 1. The van der Waals surface area contributed by atoms with E-state index in [-0.39, 0.29) is 10.9 Å². The van der Waals surface area contributed by atoms with Gasteiger partial charge in [0.15, 0.2) is 0 Å². The summed E-state index contributed by atoms with van der Waals surface area (Å²) in [7, 11) is -0.474. The van der Waals surface area contributed by atoms with Crippen LogP contribution < -0.4 is 10.6 Å². The Balaban J connectivity index is 1.94. The van der Waals surface area contributed by atoms with Crippen molar-refractivity contribution in [1.29, 1.82) is 0 Å². The Morgan fingerprint density at radius 1 is 1.12 bits per heavy atom. The van der Waals surface area contributed by atoms with Gasteiger partial charge in [0.1, 0.15) is 0 Å². The van der Waals surface area contributed by atoms with Crippen molar-refractivity contribution in [2.45, 2.75) is 11.4 Å². The molecular formula is C16H18BrN3O3S. The molecular weight excluding hydrogens is 394 g/mol. The van der Waals surface area contributed by atoms with Crippen LogP contribution in [0.2, 0.25) is 0 Å². The first-order chi connectivity index (χ1) is 11.3. The minimum atomic E-state index is -3.44. The van der Waals surface area contributed by atoms with Crippen molar-refractivity contribution in [1.82, 2.24) is 9.62 Å². The Hall–Kier alpha value is -1.90. The summed E-state index contributed by atoms with van der Waals surface area (Å²) in [5.41, 5.74) is 1.48. The molecule has 0 atom stereocenters. The highest BCUT2D eigenvalue weighted by atomic mass is 79.9. The van der Waals surface area contributed by atoms with Gasteiger partial charge in [0.25, 0.3) is 0 Å². The van der Waals surface area contributed by atoms with Crippen LogP contribution in [0.25, 0.3) is 0 Å². The number of anilines is 1. The van der Waals surface area contributed by atoms with Crippen LogP contribution in [-0.2, 0) is 16.6 Å².